The fourth-order valence-electron chi connectivity index (χ4n) is 2.71. The van der Waals surface area contributed by atoms with Crippen LogP contribution in [0.1, 0.15) is 18.5 Å². The van der Waals surface area contributed by atoms with Crippen LogP contribution in [0.3, 0.4) is 0 Å². The SMILES string of the molecule is Cn1ncc2c(NCC3(c4ccccn4)CC3)ncnc21. The normalized spacial score (nSPS) is 16.0. The Morgan fingerprint density at radius 2 is 2.14 bits per heavy atom. The average molecular weight is 280 g/mol. The fourth-order valence-corrected chi connectivity index (χ4v) is 2.71. The number of nitrogens with zero attached hydrogens (tertiary/aromatic N) is 5. The standard InChI is InChI=1S/C15H16N6/c1-21-14-11(8-20-21)13(18-10-19-14)17-9-15(5-6-15)12-4-2-3-7-16-12/h2-4,7-8,10H,5-6,9H2,1H3,(H,17,18,19). The molecule has 1 fully saturated rings. The molecule has 1 aliphatic carbocycles. The van der Waals surface area contributed by atoms with Gasteiger partial charge in [0, 0.05) is 30.9 Å². The van der Waals surface area contributed by atoms with Gasteiger partial charge in [-0.1, -0.05) is 6.07 Å². The first kappa shape index (κ1) is 12.3. The molecule has 1 N–H and O–H groups in total. The van der Waals surface area contributed by atoms with Crippen LogP contribution in [0.25, 0.3) is 11.0 Å². The Labute approximate surface area is 122 Å². The number of fused-ring (bicyclic) bond motifs is 1. The number of hydrogen-bond donors (Lipinski definition) is 1. The molecular weight excluding hydrogens is 264 g/mol. The minimum Gasteiger partial charge on any atom is -0.368 e. The van der Waals surface area contributed by atoms with E-state index in [-0.39, 0.29) is 5.41 Å². The molecule has 1 aliphatic rings. The van der Waals surface area contributed by atoms with Crippen LogP contribution >= 0.6 is 0 Å². The van der Waals surface area contributed by atoms with E-state index in [1.54, 1.807) is 17.2 Å². The molecule has 3 aromatic rings. The summed E-state index contributed by atoms with van der Waals surface area (Å²) in [6, 6.07) is 6.11. The Balaban J connectivity index is 1.59. The van der Waals surface area contributed by atoms with E-state index in [1.165, 1.54) is 0 Å². The summed E-state index contributed by atoms with van der Waals surface area (Å²) < 4.78 is 1.76. The predicted molar refractivity (Wildman–Crippen MR) is 79.9 cm³/mol. The van der Waals surface area contributed by atoms with Crippen molar-refractivity contribution in [1.82, 2.24) is 24.7 Å². The summed E-state index contributed by atoms with van der Waals surface area (Å²) in [5.41, 5.74) is 2.16. The number of pyridine rings is 1. The van der Waals surface area contributed by atoms with Gasteiger partial charge in [0.25, 0.3) is 0 Å². The Bertz CT molecular complexity index is 775. The lowest BCUT2D eigenvalue weighted by Crippen LogP contribution is -2.21. The first-order valence-electron chi connectivity index (χ1n) is 7.07. The van der Waals surface area contributed by atoms with Gasteiger partial charge in [0.1, 0.15) is 12.1 Å². The Morgan fingerprint density at radius 3 is 2.90 bits per heavy atom. The molecular formula is C15H16N6. The zero-order valence-corrected chi connectivity index (χ0v) is 11.8. The molecule has 0 amide bonds. The van der Waals surface area contributed by atoms with Crippen LogP contribution in [0.15, 0.2) is 36.9 Å². The van der Waals surface area contributed by atoms with Gasteiger partial charge < -0.3 is 5.32 Å². The summed E-state index contributed by atoms with van der Waals surface area (Å²) in [4.78, 5) is 13.1. The van der Waals surface area contributed by atoms with Crippen LogP contribution in [0.5, 0.6) is 0 Å². The molecule has 0 spiro atoms. The van der Waals surface area contributed by atoms with Gasteiger partial charge in [-0.05, 0) is 25.0 Å². The minimum atomic E-state index is 0.154. The maximum absolute atomic E-state index is 4.50. The molecule has 3 aromatic heterocycles. The molecule has 1 saturated carbocycles. The molecule has 0 aromatic carbocycles. The monoisotopic (exact) mass is 280 g/mol. The highest BCUT2D eigenvalue weighted by Crippen LogP contribution is 2.47. The zero-order valence-electron chi connectivity index (χ0n) is 11.8. The lowest BCUT2D eigenvalue weighted by Gasteiger charge is -2.16. The Hall–Kier alpha value is -2.50. The van der Waals surface area contributed by atoms with E-state index < -0.39 is 0 Å². The number of aromatic nitrogens is 5. The minimum absolute atomic E-state index is 0.154. The lowest BCUT2D eigenvalue weighted by molar-refractivity contribution is 0.701. The summed E-state index contributed by atoms with van der Waals surface area (Å²) >= 11 is 0. The summed E-state index contributed by atoms with van der Waals surface area (Å²) in [6.07, 6.45) is 7.57. The topological polar surface area (TPSA) is 68.5 Å². The second-order valence-electron chi connectivity index (χ2n) is 5.58. The lowest BCUT2D eigenvalue weighted by atomic mass is 10.0. The van der Waals surface area contributed by atoms with E-state index >= 15 is 0 Å². The highest BCUT2D eigenvalue weighted by molar-refractivity contribution is 5.86. The summed E-state index contributed by atoms with van der Waals surface area (Å²) in [5, 5.41) is 8.65. The number of anilines is 1. The molecule has 21 heavy (non-hydrogen) atoms. The van der Waals surface area contributed by atoms with E-state index in [0.717, 1.165) is 41.9 Å². The van der Waals surface area contributed by atoms with Gasteiger partial charge in [-0.25, -0.2) is 9.97 Å². The van der Waals surface area contributed by atoms with Gasteiger partial charge in [-0.2, -0.15) is 5.10 Å². The van der Waals surface area contributed by atoms with Gasteiger partial charge >= 0.3 is 0 Å². The molecule has 0 radical (unpaired) electrons. The first-order valence-corrected chi connectivity index (χ1v) is 7.07. The van der Waals surface area contributed by atoms with Crippen molar-refractivity contribution in [2.75, 3.05) is 11.9 Å². The summed E-state index contributed by atoms with van der Waals surface area (Å²) in [7, 11) is 1.88. The van der Waals surface area contributed by atoms with Crippen molar-refractivity contribution in [1.29, 1.82) is 0 Å². The number of nitrogens with one attached hydrogen (secondary N) is 1. The number of rotatable bonds is 4. The van der Waals surface area contributed by atoms with E-state index in [9.17, 15) is 0 Å². The predicted octanol–water partition coefficient (Wildman–Crippen LogP) is 1.90. The van der Waals surface area contributed by atoms with E-state index in [0.29, 0.717) is 0 Å². The highest BCUT2D eigenvalue weighted by Gasteiger charge is 2.45. The molecule has 0 atom stereocenters. The number of hydrogen-bond acceptors (Lipinski definition) is 5. The van der Waals surface area contributed by atoms with Crippen LogP contribution in [-0.2, 0) is 12.5 Å². The van der Waals surface area contributed by atoms with Crippen molar-refractivity contribution in [3.63, 3.8) is 0 Å². The summed E-state index contributed by atoms with van der Waals surface area (Å²) in [5.74, 6) is 0.843. The Kier molecular flexibility index (Phi) is 2.63. The molecule has 3 heterocycles. The maximum atomic E-state index is 4.50. The first-order chi connectivity index (χ1) is 10.3. The Morgan fingerprint density at radius 1 is 1.24 bits per heavy atom. The van der Waals surface area contributed by atoms with Gasteiger partial charge in [-0.15, -0.1) is 0 Å². The van der Waals surface area contributed by atoms with Crippen LogP contribution in [-0.4, -0.2) is 31.3 Å². The van der Waals surface area contributed by atoms with Gasteiger partial charge in [0.15, 0.2) is 5.65 Å². The highest BCUT2D eigenvalue weighted by atomic mass is 15.3. The van der Waals surface area contributed by atoms with Crippen LogP contribution in [0, 0.1) is 0 Å². The molecule has 0 aliphatic heterocycles. The molecule has 0 saturated heterocycles. The molecule has 6 nitrogen and oxygen atoms in total. The van der Waals surface area contributed by atoms with Crippen LogP contribution in [0.2, 0.25) is 0 Å². The van der Waals surface area contributed by atoms with Crippen molar-refractivity contribution in [2.24, 2.45) is 7.05 Å². The molecule has 6 heteroatoms. The second-order valence-corrected chi connectivity index (χ2v) is 5.58. The largest absolute Gasteiger partial charge is 0.368 e. The van der Waals surface area contributed by atoms with E-state index in [2.05, 4.69) is 31.4 Å². The molecule has 0 unspecified atom stereocenters. The maximum Gasteiger partial charge on any atom is 0.163 e. The van der Waals surface area contributed by atoms with Crippen molar-refractivity contribution < 1.29 is 0 Å². The van der Waals surface area contributed by atoms with E-state index in [1.807, 2.05) is 25.4 Å². The van der Waals surface area contributed by atoms with Gasteiger partial charge in [-0.3, -0.25) is 9.67 Å². The van der Waals surface area contributed by atoms with Crippen molar-refractivity contribution >= 4 is 16.9 Å². The molecule has 0 bridgehead atoms. The van der Waals surface area contributed by atoms with Crippen molar-refractivity contribution in [2.45, 2.75) is 18.3 Å². The average Bonchev–Trinajstić information content (AvgIpc) is 3.24. The zero-order chi connectivity index (χ0) is 14.3. The van der Waals surface area contributed by atoms with Crippen molar-refractivity contribution in [3.05, 3.63) is 42.6 Å². The van der Waals surface area contributed by atoms with Crippen LogP contribution < -0.4 is 5.32 Å². The third kappa shape index (κ3) is 2.03. The summed E-state index contributed by atoms with van der Waals surface area (Å²) in [6.45, 7) is 0.838. The second kappa shape index (κ2) is 4.51. The van der Waals surface area contributed by atoms with E-state index in [4.69, 9.17) is 0 Å². The fraction of sp³-hybridized carbons (Fsp3) is 0.333. The van der Waals surface area contributed by atoms with Crippen LogP contribution in [0.4, 0.5) is 5.82 Å². The quantitative estimate of drug-likeness (QED) is 0.790. The van der Waals surface area contributed by atoms with Gasteiger partial charge in [0.05, 0.1) is 11.6 Å². The number of aryl methyl sites for hydroxylation is 1. The smallest absolute Gasteiger partial charge is 0.163 e. The molecule has 106 valence electrons. The third-order valence-electron chi connectivity index (χ3n) is 4.19. The third-order valence-corrected chi connectivity index (χ3v) is 4.19. The van der Waals surface area contributed by atoms with Crippen molar-refractivity contribution in [3.8, 4) is 0 Å². The molecule has 4 rings (SSSR count). The van der Waals surface area contributed by atoms with Gasteiger partial charge in [0.2, 0.25) is 0 Å².